The number of hydrogen-bond acceptors (Lipinski definition) is 4. The minimum atomic E-state index is -2.85. The third-order valence-electron chi connectivity index (χ3n) is 5.06. The lowest BCUT2D eigenvalue weighted by atomic mass is 10.00. The number of nitrogens with zero attached hydrogens (tertiary/aromatic N) is 1. The molecule has 0 radical (unpaired) electrons. The molecule has 0 spiro atoms. The number of piperidine rings is 1. The van der Waals surface area contributed by atoms with Crippen LogP contribution in [-0.4, -0.2) is 37.4 Å². The van der Waals surface area contributed by atoms with E-state index < -0.39 is 90.2 Å². The zero-order valence-corrected chi connectivity index (χ0v) is 16.7. The summed E-state index contributed by atoms with van der Waals surface area (Å²) >= 11 is 0. The molecule has 31 heavy (non-hydrogen) atoms. The summed E-state index contributed by atoms with van der Waals surface area (Å²) < 4.78 is 127. The summed E-state index contributed by atoms with van der Waals surface area (Å²) in [6.07, 6.45) is -3.19. The van der Waals surface area contributed by atoms with Crippen LogP contribution in [0.15, 0.2) is 78.6 Å². The molecule has 1 fully saturated rings. The second kappa shape index (κ2) is 9.54. The predicted molar refractivity (Wildman–Crippen MR) is 122 cm³/mol. The van der Waals surface area contributed by atoms with Gasteiger partial charge in [-0.1, -0.05) is 66.5 Å². The zero-order valence-electron chi connectivity index (χ0n) is 29.7. The molecule has 5 rings (SSSR count). The molecule has 2 heterocycles. The van der Waals surface area contributed by atoms with Gasteiger partial charge >= 0.3 is 0 Å². The molecule has 160 valence electrons. The van der Waals surface area contributed by atoms with Gasteiger partial charge in [0, 0.05) is 15.8 Å². The molecular weight excluding hydrogens is 386 g/mol. The average Bonchev–Trinajstić information content (AvgIpc) is 3.45. The standard InChI is InChI=1S/C27H29NO3/c1-3-8-22(9-4-1)27(23-10-5-2-6-11-23)31-24-12-7-16-28(19-24)17-15-21-13-14-25-26(18-21)30-20-29-25/h1-6,8-11,13-14,18,24,27H,7,12,15-17,19-20H2/t24-/m1/s1/i1D,2D,3D,4D,5D,6D,8D,9D,10D,11D,17D2,27D. The minimum Gasteiger partial charge on any atom is -0.454 e. The average molecular weight is 429 g/mol. The first kappa shape index (κ1) is 10.2. The van der Waals surface area contributed by atoms with E-state index in [1.807, 2.05) is 0 Å². The lowest BCUT2D eigenvalue weighted by molar-refractivity contribution is -0.0330. The van der Waals surface area contributed by atoms with Crippen molar-refractivity contribution in [2.75, 3.05) is 26.4 Å². The smallest absolute Gasteiger partial charge is 0.231 e. The fraction of sp³-hybridized carbons (Fsp3) is 0.333. The third kappa shape index (κ3) is 4.92. The fourth-order valence-electron chi connectivity index (χ4n) is 3.57. The highest BCUT2D eigenvalue weighted by Gasteiger charge is 2.25. The largest absolute Gasteiger partial charge is 0.454 e. The van der Waals surface area contributed by atoms with E-state index in [0.717, 1.165) is 0 Å². The molecule has 0 bridgehead atoms. The lowest BCUT2D eigenvalue weighted by Crippen LogP contribution is -2.41. The maximum Gasteiger partial charge on any atom is 0.231 e. The number of rotatable bonds is 7. The topological polar surface area (TPSA) is 30.9 Å². The Morgan fingerprint density at radius 1 is 1.03 bits per heavy atom. The number of hydrogen-bond donors (Lipinski definition) is 0. The van der Waals surface area contributed by atoms with Crippen LogP contribution in [0, 0.1) is 0 Å². The van der Waals surface area contributed by atoms with Gasteiger partial charge in [-0.25, -0.2) is 0 Å². The zero-order chi connectivity index (χ0) is 32.3. The van der Waals surface area contributed by atoms with Crippen molar-refractivity contribution in [3.63, 3.8) is 0 Å². The fourth-order valence-corrected chi connectivity index (χ4v) is 3.57. The molecule has 0 unspecified atom stereocenters. The van der Waals surface area contributed by atoms with Gasteiger partial charge < -0.3 is 19.1 Å². The lowest BCUT2D eigenvalue weighted by Gasteiger charge is -2.35. The summed E-state index contributed by atoms with van der Waals surface area (Å²) in [4.78, 5) is 1.51. The number of fused-ring (bicyclic) bond motifs is 1. The molecule has 0 saturated carbocycles. The van der Waals surface area contributed by atoms with Crippen molar-refractivity contribution in [3.8, 4) is 11.5 Å². The second-order valence-electron chi connectivity index (χ2n) is 7.18. The molecule has 1 saturated heterocycles. The van der Waals surface area contributed by atoms with E-state index >= 15 is 0 Å². The van der Waals surface area contributed by atoms with Crippen molar-refractivity contribution in [3.05, 3.63) is 95.3 Å². The Balaban J connectivity index is 1.55. The molecule has 3 aromatic rings. The Bertz CT molecular complexity index is 1510. The maximum atomic E-state index is 9.51. The van der Waals surface area contributed by atoms with Gasteiger partial charge in [-0.05, 0) is 54.6 Å². The van der Waals surface area contributed by atoms with Gasteiger partial charge in [0.2, 0.25) is 6.79 Å². The summed E-state index contributed by atoms with van der Waals surface area (Å²) in [6, 6.07) is -2.71. The summed E-state index contributed by atoms with van der Waals surface area (Å²) in [5.41, 5.74) is -0.763. The van der Waals surface area contributed by atoms with Gasteiger partial charge in [0.15, 0.2) is 11.5 Å². The number of ether oxygens (including phenoxy) is 3. The van der Waals surface area contributed by atoms with Crippen LogP contribution in [0.2, 0.25) is 0 Å². The molecule has 0 aliphatic carbocycles. The SMILES string of the molecule is [2H]c1c([2H])c([2H])c(C([2H])(O[C@@H]2CCCN(C([2H])([2H])Cc3ccc4c(c3)OCO4)C2)c2c([2H])c([2H])c([2H])c([2H])c2[2H])c([2H])c1[2H]. The van der Waals surface area contributed by atoms with E-state index in [9.17, 15) is 1.37 Å². The van der Waals surface area contributed by atoms with Gasteiger partial charge in [0.05, 0.1) is 21.2 Å². The Morgan fingerprint density at radius 3 is 2.48 bits per heavy atom. The summed E-state index contributed by atoms with van der Waals surface area (Å²) in [6.45, 7) is -1.59. The van der Waals surface area contributed by atoms with Crippen molar-refractivity contribution in [2.45, 2.75) is 31.4 Å². The Morgan fingerprint density at radius 2 is 1.74 bits per heavy atom. The summed E-state index contributed by atoms with van der Waals surface area (Å²) in [5, 5.41) is 0. The Labute approximate surface area is 202 Å². The molecule has 2 aliphatic rings. The first-order valence-electron chi connectivity index (χ1n) is 16.5. The van der Waals surface area contributed by atoms with Crippen LogP contribution < -0.4 is 9.47 Å². The van der Waals surface area contributed by atoms with E-state index in [2.05, 4.69) is 0 Å². The van der Waals surface area contributed by atoms with Crippen molar-refractivity contribution < 1.29 is 32.0 Å². The monoisotopic (exact) mass is 428 g/mol. The number of benzene rings is 3. The molecule has 0 aromatic heterocycles. The quantitative estimate of drug-likeness (QED) is 0.516. The second-order valence-corrected chi connectivity index (χ2v) is 7.18. The van der Waals surface area contributed by atoms with Crippen molar-refractivity contribution in [1.82, 2.24) is 4.90 Å². The highest BCUT2D eigenvalue weighted by atomic mass is 16.7. The van der Waals surface area contributed by atoms with Crippen molar-refractivity contribution >= 4 is 0 Å². The molecule has 4 nitrogen and oxygen atoms in total. The van der Waals surface area contributed by atoms with E-state index in [1.165, 1.54) is 4.90 Å². The van der Waals surface area contributed by atoms with Gasteiger partial charge in [-0.2, -0.15) is 0 Å². The van der Waals surface area contributed by atoms with Crippen LogP contribution in [-0.2, 0) is 11.2 Å². The van der Waals surface area contributed by atoms with E-state index in [-0.39, 0.29) is 26.2 Å². The predicted octanol–water partition coefficient (Wildman–Crippen LogP) is 5.23. The van der Waals surface area contributed by atoms with Gasteiger partial charge in [0.25, 0.3) is 0 Å². The van der Waals surface area contributed by atoms with Crippen LogP contribution in [0.5, 0.6) is 11.5 Å². The van der Waals surface area contributed by atoms with Crippen LogP contribution >= 0.6 is 0 Å². The van der Waals surface area contributed by atoms with E-state index in [0.29, 0.717) is 30.0 Å². The molecule has 0 N–H and O–H groups in total. The van der Waals surface area contributed by atoms with E-state index in [4.69, 9.17) is 30.7 Å². The molecule has 3 aromatic carbocycles. The van der Waals surface area contributed by atoms with Crippen molar-refractivity contribution in [2.24, 2.45) is 0 Å². The van der Waals surface area contributed by atoms with Crippen molar-refractivity contribution in [1.29, 1.82) is 0 Å². The highest BCUT2D eigenvalue weighted by molar-refractivity contribution is 5.44. The van der Waals surface area contributed by atoms with Gasteiger partial charge in [-0.3, -0.25) is 0 Å². The maximum absolute atomic E-state index is 9.51. The van der Waals surface area contributed by atoms with Gasteiger partial charge in [0.1, 0.15) is 6.08 Å². The molecule has 4 heteroatoms. The van der Waals surface area contributed by atoms with Crippen LogP contribution in [0.25, 0.3) is 0 Å². The van der Waals surface area contributed by atoms with Crippen LogP contribution in [0.1, 0.15) is 53.4 Å². The first-order chi connectivity index (χ1) is 20.6. The minimum absolute atomic E-state index is 0.0331. The third-order valence-corrected chi connectivity index (χ3v) is 5.06. The van der Waals surface area contributed by atoms with Gasteiger partial charge in [-0.15, -0.1) is 0 Å². The summed E-state index contributed by atoms with van der Waals surface area (Å²) in [7, 11) is 0. The van der Waals surface area contributed by atoms with E-state index in [1.54, 1.807) is 18.2 Å². The molecule has 0 amide bonds. The summed E-state index contributed by atoms with van der Waals surface area (Å²) in [5.74, 6) is 1.07. The Kier molecular flexibility index (Phi) is 3.14. The molecule has 2 aliphatic heterocycles. The van der Waals surface area contributed by atoms with Crippen LogP contribution in [0.4, 0.5) is 0 Å². The Hall–Kier alpha value is -2.82. The number of aryl methyl sites for hydroxylation is 1. The molecular formula is C27H29NO3. The first-order valence-corrected chi connectivity index (χ1v) is 10.0. The highest BCUT2D eigenvalue weighted by Crippen LogP contribution is 2.33. The molecule has 1 atom stereocenters. The van der Waals surface area contributed by atoms with Crippen LogP contribution in [0.3, 0.4) is 0 Å². The number of likely N-dealkylation sites (tertiary alicyclic amines) is 1. The normalized spacial score (nSPS) is 25.2.